The molecule has 2 rings (SSSR count). The van der Waals surface area contributed by atoms with Crippen LogP contribution < -0.4 is 10.1 Å². The number of nitrogens with one attached hydrogen (secondary N) is 1. The molecule has 20 heavy (non-hydrogen) atoms. The summed E-state index contributed by atoms with van der Waals surface area (Å²) in [5.74, 6) is 0.876. The van der Waals surface area contributed by atoms with Gasteiger partial charge < -0.3 is 10.1 Å². The molecule has 2 aromatic carbocycles. The first-order valence-corrected chi connectivity index (χ1v) is 6.97. The van der Waals surface area contributed by atoms with E-state index in [-0.39, 0.29) is 0 Å². The lowest BCUT2D eigenvalue weighted by Gasteiger charge is -2.08. The van der Waals surface area contributed by atoms with Crippen molar-refractivity contribution in [3.63, 3.8) is 0 Å². The smallest absolute Gasteiger partial charge is 0.119 e. The molecule has 0 fully saturated rings. The predicted octanol–water partition coefficient (Wildman–Crippen LogP) is 4.43. The third kappa shape index (κ3) is 4.16. The van der Waals surface area contributed by atoms with Crippen LogP contribution >= 0.6 is 0 Å². The van der Waals surface area contributed by atoms with Gasteiger partial charge in [-0.25, -0.2) is 0 Å². The van der Waals surface area contributed by atoms with Crippen molar-refractivity contribution < 1.29 is 4.74 Å². The Morgan fingerprint density at radius 3 is 2.25 bits per heavy atom. The molecule has 0 aromatic heterocycles. The van der Waals surface area contributed by atoms with E-state index in [2.05, 4.69) is 55.2 Å². The molecular weight excluding hydrogens is 246 g/mol. The van der Waals surface area contributed by atoms with E-state index in [4.69, 9.17) is 4.74 Å². The number of rotatable bonds is 7. The molecule has 0 amide bonds. The van der Waals surface area contributed by atoms with Gasteiger partial charge in [0.25, 0.3) is 0 Å². The van der Waals surface area contributed by atoms with Crippen LogP contribution in [-0.2, 0) is 13.0 Å². The van der Waals surface area contributed by atoms with E-state index in [1.807, 2.05) is 12.1 Å². The van der Waals surface area contributed by atoms with Crippen LogP contribution in [0, 0.1) is 0 Å². The number of anilines is 1. The minimum atomic E-state index is 0.543. The monoisotopic (exact) mass is 267 g/mol. The predicted molar refractivity (Wildman–Crippen MR) is 85.3 cm³/mol. The van der Waals surface area contributed by atoms with Crippen molar-refractivity contribution in [2.75, 3.05) is 11.9 Å². The third-order valence-corrected chi connectivity index (χ3v) is 3.15. The highest BCUT2D eigenvalue weighted by atomic mass is 16.5. The second-order valence-electron chi connectivity index (χ2n) is 4.65. The lowest BCUT2D eigenvalue weighted by atomic mass is 10.1. The summed E-state index contributed by atoms with van der Waals surface area (Å²) in [7, 11) is 0. The summed E-state index contributed by atoms with van der Waals surface area (Å²) in [6.07, 6.45) is 2.82. The van der Waals surface area contributed by atoms with E-state index in [1.165, 1.54) is 11.1 Å². The molecule has 2 nitrogen and oxygen atoms in total. The Kier molecular flexibility index (Phi) is 5.24. The Hall–Kier alpha value is -2.22. The Labute approximate surface area is 121 Å². The minimum absolute atomic E-state index is 0.543. The number of ether oxygens (including phenoxy) is 1. The number of hydrogen-bond acceptors (Lipinski definition) is 2. The number of hydrogen-bond donors (Lipinski definition) is 1. The van der Waals surface area contributed by atoms with Crippen molar-refractivity contribution in [3.05, 3.63) is 72.3 Å². The first kappa shape index (κ1) is 14.2. The first-order chi connectivity index (χ1) is 9.81. The fourth-order valence-corrected chi connectivity index (χ4v) is 1.92. The summed E-state index contributed by atoms with van der Waals surface area (Å²) in [6, 6.07) is 16.7. The highest BCUT2D eigenvalue weighted by Crippen LogP contribution is 2.15. The quantitative estimate of drug-likeness (QED) is 0.749. The molecule has 0 aliphatic rings. The summed E-state index contributed by atoms with van der Waals surface area (Å²) >= 11 is 0. The first-order valence-electron chi connectivity index (χ1n) is 6.97. The Morgan fingerprint density at radius 2 is 1.65 bits per heavy atom. The van der Waals surface area contributed by atoms with Gasteiger partial charge in [0.15, 0.2) is 0 Å². The summed E-state index contributed by atoms with van der Waals surface area (Å²) < 4.78 is 5.46. The summed E-state index contributed by atoms with van der Waals surface area (Å²) in [6.45, 7) is 7.15. The zero-order chi connectivity index (χ0) is 14.2. The van der Waals surface area contributed by atoms with E-state index >= 15 is 0 Å². The summed E-state index contributed by atoms with van der Waals surface area (Å²) in [4.78, 5) is 0. The van der Waals surface area contributed by atoms with Crippen molar-refractivity contribution in [2.45, 2.75) is 19.9 Å². The van der Waals surface area contributed by atoms with Gasteiger partial charge in [-0.3, -0.25) is 0 Å². The maximum atomic E-state index is 5.46. The van der Waals surface area contributed by atoms with Crippen LogP contribution in [-0.4, -0.2) is 6.61 Å². The van der Waals surface area contributed by atoms with Crippen molar-refractivity contribution in [2.24, 2.45) is 0 Å². The molecule has 1 N–H and O–H groups in total. The average molecular weight is 267 g/mol. The Morgan fingerprint density at radius 1 is 1.00 bits per heavy atom. The highest BCUT2D eigenvalue weighted by Gasteiger charge is 1.96. The molecule has 0 saturated carbocycles. The van der Waals surface area contributed by atoms with Gasteiger partial charge in [0.2, 0.25) is 0 Å². The van der Waals surface area contributed by atoms with Crippen LogP contribution in [0.3, 0.4) is 0 Å². The van der Waals surface area contributed by atoms with E-state index in [0.29, 0.717) is 6.61 Å². The molecule has 2 aromatic rings. The van der Waals surface area contributed by atoms with E-state index < -0.39 is 0 Å². The van der Waals surface area contributed by atoms with Crippen LogP contribution in [0.1, 0.15) is 18.1 Å². The fourth-order valence-electron chi connectivity index (χ4n) is 1.92. The molecule has 104 valence electrons. The minimum Gasteiger partial charge on any atom is -0.490 e. The van der Waals surface area contributed by atoms with Crippen LogP contribution in [0.4, 0.5) is 5.69 Å². The van der Waals surface area contributed by atoms with Gasteiger partial charge in [-0.05, 0) is 41.8 Å². The fraction of sp³-hybridized carbons (Fsp3) is 0.222. The standard InChI is InChI=1S/C18H21NO/c1-3-13-20-18-11-7-16(8-12-18)14-19-17-9-5-15(4-2)6-10-17/h3,5-12,19H,1,4,13-14H2,2H3. The van der Waals surface area contributed by atoms with Gasteiger partial charge in [-0.15, -0.1) is 0 Å². The molecule has 0 spiro atoms. The lowest BCUT2D eigenvalue weighted by molar-refractivity contribution is 0.363. The normalized spacial score (nSPS) is 10.1. The zero-order valence-electron chi connectivity index (χ0n) is 11.9. The SMILES string of the molecule is C=CCOc1ccc(CNc2ccc(CC)cc2)cc1. The van der Waals surface area contributed by atoms with Gasteiger partial charge in [-0.2, -0.15) is 0 Å². The van der Waals surface area contributed by atoms with Gasteiger partial charge in [0.05, 0.1) is 0 Å². The average Bonchev–Trinajstić information content (AvgIpc) is 2.52. The molecule has 0 unspecified atom stereocenters. The molecule has 0 aliphatic heterocycles. The van der Waals surface area contributed by atoms with Gasteiger partial charge in [0.1, 0.15) is 12.4 Å². The largest absolute Gasteiger partial charge is 0.490 e. The summed E-state index contributed by atoms with van der Waals surface area (Å²) in [5, 5.41) is 3.42. The Balaban J connectivity index is 1.87. The number of aryl methyl sites for hydroxylation is 1. The van der Waals surface area contributed by atoms with Crippen LogP contribution in [0.15, 0.2) is 61.2 Å². The molecule has 2 heteroatoms. The molecule has 0 bridgehead atoms. The highest BCUT2D eigenvalue weighted by molar-refractivity contribution is 5.45. The maximum Gasteiger partial charge on any atom is 0.119 e. The van der Waals surface area contributed by atoms with Crippen LogP contribution in [0.25, 0.3) is 0 Å². The second-order valence-corrected chi connectivity index (χ2v) is 4.65. The second kappa shape index (κ2) is 7.39. The molecule has 0 aliphatic carbocycles. The van der Waals surface area contributed by atoms with Gasteiger partial charge >= 0.3 is 0 Å². The van der Waals surface area contributed by atoms with Crippen LogP contribution in [0.2, 0.25) is 0 Å². The van der Waals surface area contributed by atoms with Crippen molar-refractivity contribution >= 4 is 5.69 Å². The molecular formula is C18H21NO. The van der Waals surface area contributed by atoms with Crippen molar-refractivity contribution in [1.29, 1.82) is 0 Å². The maximum absolute atomic E-state index is 5.46. The van der Waals surface area contributed by atoms with E-state index in [9.17, 15) is 0 Å². The van der Waals surface area contributed by atoms with Gasteiger partial charge in [-0.1, -0.05) is 43.8 Å². The molecule has 0 saturated heterocycles. The summed E-state index contributed by atoms with van der Waals surface area (Å²) in [5.41, 5.74) is 3.74. The molecule has 0 heterocycles. The van der Waals surface area contributed by atoms with Crippen molar-refractivity contribution in [1.82, 2.24) is 0 Å². The number of benzene rings is 2. The van der Waals surface area contributed by atoms with Gasteiger partial charge in [0, 0.05) is 12.2 Å². The lowest BCUT2D eigenvalue weighted by Crippen LogP contribution is -1.99. The zero-order valence-corrected chi connectivity index (χ0v) is 11.9. The van der Waals surface area contributed by atoms with Crippen LogP contribution in [0.5, 0.6) is 5.75 Å². The van der Waals surface area contributed by atoms with E-state index in [1.54, 1.807) is 6.08 Å². The third-order valence-electron chi connectivity index (χ3n) is 3.15. The Bertz CT molecular complexity index is 528. The van der Waals surface area contributed by atoms with E-state index in [0.717, 1.165) is 24.4 Å². The molecule has 0 atom stereocenters. The topological polar surface area (TPSA) is 21.3 Å². The molecule has 0 radical (unpaired) electrons. The van der Waals surface area contributed by atoms with Crippen molar-refractivity contribution in [3.8, 4) is 5.75 Å².